The molecule has 0 amide bonds. The Bertz CT molecular complexity index is 368. The second-order valence-corrected chi connectivity index (χ2v) is 3.95. The van der Waals surface area contributed by atoms with Gasteiger partial charge in [-0.25, -0.2) is 4.79 Å². The van der Waals surface area contributed by atoms with E-state index >= 15 is 0 Å². The van der Waals surface area contributed by atoms with Crippen LogP contribution < -0.4 is 0 Å². The minimum absolute atomic E-state index is 0.143. The maximum Gasteiger partial charge on any atom is 0.334 e. The van der Waals surface area contributed by atoms with E-state index in [1.165, 1.54) is 12.2 Å². The Morgan fingerprint density at radius 2 is 1.94 bits per heavy atom. The van der Waals surface area contributed by atoms with Crippen LogP contribution in [0.15, 0.2) is 37.0 Å². The molecule has 1 aliphatic carbocycles. The predicted octanol–water partition coefficient (Wildman–Crippen LogP) is 2.17. The number of carbonyl (C=O) groups excluding carboxylic acids is 2. The number of allylic oxidation sites excluding steroid dienone is 1. The molecule has 1 atom stereocenters. The largest absolute Gasteiger partial charge is 0.461 e. The topological polar surface area (TPSA) is 52.6 Å². The lowest BCUT2D eigenvalue weighted by Crippen LogP contribution is -2.27. The van der Waals surface area contributed by atoms with Gasteiger partial charge in [-0.15, -0.1) is 0 Å². The van der Waals surface area contributed by atoms with Crippen molar-refractivity contribution in [2.24, 2.45) is 5.92 Å². The van der Waals surface area contributed by atoms with Gasteiger partial charge in [-0.1, -0.05) is 31.4 Å². The molecule has 4 nitrogen and oxygen atoms in total. The van der Waals surface area contributed by atoms with Crippen LogP contribution >= 0.6 is 0 Å². The molecule has 0 spiro atoms. The van der Waals surface area contributed by atoms with Crippen LogP contribution in [0.1, 0.15) is 19.3 Å². The fourth-order valence-electron chi connectivity index (χ4n) is 1.81. The Labute approximate surface area is 107 Å². The summed E-state index contributed by atoms with van der Waals surface area (Å²) in [6, 6.07) is 0. The summed E-state index contributed by atoms with van der Waals surface area (Å²) < 4.78 is 9.95. The Balaban J connectivity index is 2.69. The van der Waals surface area contributed by atoms with Gasteiger partial charge < -0.3 is 9.47 Å². The molecule has 4 heteroatoms. The van der Waals surface area contributed by atoms with Crippen molar-refractivity contribution in [3.05, 3.63) is 37.0 Å². The van der Waals surface area contributed by atoms with Crippen LogP contribution in [0.3, 0.4) is 0 Å². The van der Waals surface area contributed by atoms with Crippen molar-refractivity contribution < 1.29 is 19.1 Å². The fraction of sp³-hybridized carbons (Fsp3) is 0.429. The Hall–Kier alpha value is -1.84. The molecule has 0 aromatic heterocycles. The molecular weight excluding hydrogens is 232 g/mol. The van der Waals surface area contributed by atoms with Gasteiger partial charge in [0.15, 0.2) is 0 Å². The molecule has 0 bridgehead atoms. The molecule has 0 aromatic carbocycles. The fourth-order valence-corrected chi connectivity index (χ4v) is 1.81. The van der Waals surface area contributed by atoms with Crippen LogP contribution in [-0.4, -0.2) is 25.2 Å². The van der Waals surface area contributed by atoms with Crippen LogP contribution in [0.2, 0.25) is 0 Å². The standard InChI is InChI=1S/C14H18O4/c1-3-9-17-13(15)11-7-5-6-8-12(11)14(16)18-10-4-2/h3-4,7,12H,1-2,5-6,8-10H2. The SMILES string of the molecule is C=CCOC(=O)C1=CCCCC1C(=O)OCC=C. The second-order valence-electron chi connectivity index (χ2n) is 3.95. The predicted molar refractivity (Wildman–Crippen MR) is 67.7 cm³/mol. The first-order valence-electron chi connectivity index (χ1n) is 5.96. The van der Waals surface area contributed by atoms with E-state index in [2.05, 4.69) is 13.2 Å². The average molecular weight is 250 g/mol. The maximum absolute atomic E-state index is 11.8. The highest BCUT2D eigenvalue weighted by molar-refractivity contribution is 5.95. The molecule has 0 radical (unpaired) electrons. The molecule has 98 valence electrons. The van der Waals surface area contributed by atoms with Crippen molar-refractivity contribution in [3.8, 4) is 0 Å². The Morgan fingerprint density at radius 1 is 1.28 bits per heavy atom. The van der Waals surface area contributed by atoms with E-state index in [9.17, 15) is 9.59 Å². The molecule has 1 unspecified atom stereocenters. The van der Waals surface area contributed by atoms with Gasteiger partial charge in [0, 0.05) is 5.57 Å². The summed E-state index contributed by atoms with van der Waals surface area (Å²) in [5, 5.41) is 0. The lowest BCUT2D eigenvalue weighted by Gasteiger charge is -2.21. The van der Waals surface area contributed by atoms with E-state index in [1.807, 2.05) is 0 Å². The summed E-state index contributed by atoms with van der Waals surface area (Å²) in [4.78, 5) is 23.6. The normalized spacial score (nSPS) is 18.4. The van der Waals surface area contributed by atoms with Crippen LogP contribution in [0, 0.1) is 5.92 Å². The van der Waals surface area contributed by atoms with Crippen molar-refractivity contribution in [1.82, 2.24) is 0 Å². The maximum atomic E-state index is 11.8. The van der Waals surface area contributed by atoms with Gasteiger partial charge >= 0.3 is 11.9 Å². The van der Waals surface area contributed by atoms with Crippen LogP contribution in [0.5, 0.6) is 0 Å². The number of hydrogen-bond donors (Lipinski definition) is 0. The van der Waals surface area contributed by atoms with Gasteiger partial charge in [-0.3, -0.25) is 4.79 Å². The first-order chi connectivity index (χ1) is 8.70. The Kier molecular flexibility index (Phi) is 5.91. The third kappa shape index (κ3) is 3.87. The molecule has 0 heterocycles. The summed E-state index contributed by atoms with van der Waals surface area (Å²) >= 11 is 0. The summed E-state index contributed by atoms with van der Waals surface area (Å²) in [6.45, 7) is 7.25. The summed E-state index contributed by atoms with van der Waals surface area (Å²) in [5.41, 5.74) is 0.400. The van der Waals surface area contributed by atoms with E-state index < -0.39 is 17.9 Å². The zero-order valence-electron chi connectivity index (χ0n) is 10.4. The van der Waals surface area contributed by atoms with E-state index in [1.54, 1.807) is 6.08 Å². The van der Waals surface area contributed by atoms with Gasteiger partial charge in [-0.2, -0.15) is 0 Å². The molecular formula is C14H18O4. The van der Waals surface area contributed by atoms with Gasteiger partial charge in [0.25, 0.3) is 0 Å². The molecule has 1 rings (SSSR count). The van der Waals surface area contributed by atoms with E-state index in [0.29, 0.717) is 12.0 Å². The second kappa shape index (κ2) is 7.48. The van der Waals surface area contributed by atoms with Gasteiger partial charge in [0.1, 0.15) is 13.2 Å². The zero-order chi connectivity index (χ0) is 13.4. The van der Waals surface area contributed by atoms with Gasteiger partial charge in [0.05, 0.1) is 5.92 Å². The summed E-state index contributed by atoms with van der Waals surface area (Å²) in [7, 11) is 0. The first kappa shape index (κ1) is 14.2. The van der Waals surface area contributed by atoms with Crippen molar-refractivity contribution in [2.75, 3.05) is 13.2 Å². The molecule has 0 fully saturated rings. The van der Waals surface area contributed by atoms with Crippen molar-refractivity contribution in [1.29, 1.82) is 0 Å². The number of ether oxygens (including phenoxy) is 2. The number of hydrogen-bond acceptors (Lipinski definition) is 4. The first-order valence-corrected chi connectivity index (χ1v) is 5.96. The third-order valence-electron chi connectivity index (χ3n) is 2.63. The highest BCUT2D eigenvalue weighted by Crippen LogP contribution is 2.27. The minimum atomic E-state index is -0.518. The number of rotatable bonds is 6. The zero-order valence-corrected chi connectivity index (χ0v) is 10.4. The lowest BCUT2D eigenvalue weighted by molar-refractivity contribution is -0.149. The number of esters is 2. The van der Waals surface area contributed by atoms with E-state index in [4.69, 9.17) is 9.47 Å². The quantitative estimate of drug-likeness (QED) is 0.535. The van der Waals surface area contributed by atoms with Gasteiger partial charge in [-0.05, 0) is 19.3 Å². The molecule has 18 heavy (non-hydrogen) atoms. The molecule has 0 saturated heterocycles. The van der Waals surface area contributed by atoms with Crippen molar-refractivity contribution in [2.45, 2.75) is 19.3 Å². The van der Waals surface area contributed by atoms with Crippen LogP contribution in [0.25, 0.3) is 0 Å². The summed E-state index contributed by atoms with van der Waals surface area (Å²) in [6.07, 6.45) is 7.02. The highest BCUT2D eigenvalue weighted by atomic mass is 16.5. The van der Waals surface area contributed by atoms with E-state index in [-0.39, 0.29) is 13.2 Å². The van der Waals surface area contributed by atoms with Gasteiger partial charge in [0.2, 0.25) is 0 Å². The van der Waals surface area contributed by atoms with Crippen LogP contribution in [0.4, 0.5) is 0 Å². The highest BCUT2D eigenvalue weighted by Gasteiger charge is 2.31. The average Bonchev–Trinajstić information content (AvgIpc) is 2.42. The monoisotopic (exact) mass is 250 g/mol. The molecule has 0 N–H and O–H groups in total. The lowest BCUT2D eigenvalue weighted by atomic mass is 9.87. The molecule has 1 aliphatic rings. The molecule has 0 aromatic rings. The minimum Gasteiger partial charge on any atom is -0.461 e. The molecule has 0 aliphatic heterocycles. The number of carbonyl (C=O) groups is 2. The smallest absolute Gasteiger partial charge is 0.334 e. The van der Waals surface area contributed by atoms with E-state index in [0.717, 1.165) is 12.8 Å². The Morgan fingerprint density at radius 3 is 2.61 bits per heavy atom. The van der Waals surface area contributed by atoms with Crippen molar-refractivity contribution >= 4 is 11.9 Å². The summed E-state index contributed by atoms with van der Waals surface area (Å²) in [5.74, 6) is -1.37. The van der Waals surface area contributed by atoms with Crippen LogP contribution in [-0.2, 0) is 19.1 Å². The van der Waals surface area contributed by atoms with Crippen molar-refractivity contribution in [3.63, 3.8) is 0 Å². The molecule has 0 saturated carbocycles. The third-order valence-corrected chi connectivity index (χ3v) is 2.63.